The van der Waals surface area contributed by atoms with Crippen LogP contribution in [0.1, 0.15) is 0 Å². The van der Waals surface area contributed by atoms with Gasteiger partial charge in [0.15, 0.2) is 5.58 Å². The molecule has 1 aliphatic heterocycles. The molecule has 0 saturated carbocycles. The number of hydrogen-bond donors (Lipinski definition) is 1. The van der Waals surface area contributed by atoms with Crippen LogP contribution in [-0.4, -0.2) is 54.8 Å². The largest absolute Gasteiger partial charge is 0.431 e. The van der Waals surface area contributed by atoms with Crippen LogP contribution >= 0.6 is 11.8 Å². The van der Waals surface area contributed by atoms with Gasteiger partial charge in [0.25, 0.3) is 5.22 Å². The minimum absolute atomic E-state index is 0.171. The van der Waals surface area contributed by atoms with Gasteiger partial charge in [0.2, 0.25) is 5.91 Å². The Morgan fingerprint density at radius 2 is 2.15 bits per heavy atom. The van der Waals surface area contributed by atoms with Gasteiger partial charge in [-0.25, -0.2) is 4.98 Å². The second kappa shape index (κ2) is 5.85. The maximum Gasteiger partial charge on any atom is 0.257 e. The van der Waals surface area contributed by atoms with Crippen molar-refractivity contribution in [2.45, 2.75) is 5.22 Å². The van der Waals surface area contributed by atoms with E-state index in [9.17, 15) is 4.79 Å². The number of aromatic nitrogens is 1. The molecule has 5 nitrogen and oxygen atoms in total. The van der Waals surface area contributed by atoms with Gasteiger partial charge in [-0.1, -0.05) is 23.9 Å². The molecule has 1 aromatic carbocycles. The zero-order chi connectivity index (χ0) is 13.9. The van der Waals surface area contributed by atoms with Gasteiger partial charge in [-0.15, -0.1) is 0 Å². The van der Waals surface area contributed by atoms with E-state index >= 15 is 0 Å². The summed E-state index contributed by atoms with van der Waals surface area (Å²) in [4.78, 5) is 19.9. The summed E-state index contributed by atoms with van der Waals surface area (Å²) >= 11 is 1.37. The van der Waals surface area contributed by atoms with Crippen molar-refractivity contribution in [3.63, 3.8) is 0 Å². The fourth-order valence-electron chi connectivity index (χ4n) is 2.27. The highest BCUT2D eigenvalue weighted by molar-refractivity contribution is 7.99. The fourth-order valence-corrected chi connectivity index (χ4v) is 3.01. The molecule has 1 aromatic heterocycles. The molecule has 1 saturated heterocycles. The molecule has 2 aromatic rings. The number of fused-ring (bicyclic) bond motifs is 1. The number of piperazine rings is 1. The molecule has 1 N–H and O–H groups in total. The lowest BCUT2D eigenvalue weighted by Gasteiger charge is -2.29. The number of oxazole rings is 1. The highest BCUT2D eigenvalue weighted by atomic mass is 32.2. The van der Waals surface area contributed by atoms with Crippen LogP contribution in [0.5, 0.6) is 0 Å². The SMILES string of the molecule is C[NH+]1CCN(C(=O)CSc2nc3ccccc3o2)CC1. The first-order valence-corrected chi connectivity index (χ1v) is 7.78. The van der Waals surface area contributed by atoms with Crippen molar-refractivity contribution in [2.24, 2.45) is 0 Å². The Morgan fingerprint density at radius 3 is 2.90 bits per heavy atom. The number of carbonyl (C=O) groups is 1. The number of thioether (sulfide) groups is 1. The summed E-state index contributed by atoms with van der Waals surface area (Å²) < 4.78 is 5.60. The van der Waals surface area contributed by atoms with Crippen molar-refractivity contribution in [1.82, 2.24) is 9.88 Å². The summed E-state index contributed by atoms with van der Waals surface area (Å²) in [5.74, 6) is 0.566. The van der Waals surface area contributed by atoms with Gasteiger partial charge in [0.1, 0.15) is 5.52 Å². The third kappa shape index (κ3) is 2.96. The van der Waals surface area contributed by atoms with E-state index in [4.69, 9.17) is 4.42 Å². The molecule has 1 aliphatic rings. The van der Waals surface area contributed by atoms with Crippen molar-refractivity contribution in [1.29, 1.82) is 0 Å². The van der Waals surface area contributed by atoms with Crippen molar-refractivity contribution in [2.75, 3.05) is 39.0 Å². The smallest absolute Gasteiger partial charge is 0.257 e. The molecule has 0 aliphatic carbocycles. The molecule has 0 unspecified atom stereocenters. The summed E-state index contributed by atoms with van der Waals surface area (Å²) in [5, 5.41) is 0.569. The summed E-state index contributed by atoms with van der Waals surface area (Å²) in [6, 6.07) is 7.64. The number of nitrogens with zero attached hydrogens (tertiary/aromatic N) is 2. The summed E-state index contributed by atoms with van der Waals surface area (Å²) in [6.45, 7) is 3.75. The Hall–Kier alpha value is -1.53. The van der Waals surface area contributed by atoms with Crippen molar-refractivity contribution >= 4 is 28.8 Å². The first-order valence-electron chi connectivity index (χ1n) is 6.80. The van der Waals surface area contributed by atoms with Crippen molar-refractivity contribution in [3.05, 3.63) is 24.3 Å². The first-order chi connectivity index (χ1) is 9.72. The highest BCUT2D eigenvalue weighted by Crippen LogP contribution is 2.23. The van der Waals surface area contributed by atoms with E-state index in [-0.39, 0.29) is 5.91 Å². The molecule has 20 heavy (non-hydrogen) atoms. The number of nitrogens with one attached hydrogen (secondary N) is 1. The Balaban J connectivity index is 1.57. The molecule has 0 spiro atoms. The minimum atomic E-state index is 0.171. The van der Waals surface area contributed by atoms with Gasteiger partial charge in [0.05, 0.1) is 39.0 Å². The Kier molecular flexibility index (Phi) is 3.93. The number of likely N-dealkylation sites (N-methyl/N-ethyl adjacent to an activating group) is 1. The number of amides is 1. The molecule has 3 rings (SSSR count). The molecule has 0 atom stereocenters. The normalized spacial score (nSPS) is 16.8. The second-order valence-corrected chi connectivity index (χ2v) is 6.00. The van der Waals surface area contributed by atoms with Crippen LogP contribution in [0, 0.1) is 0 Å². The van der Waals surface area contributed by atoms with Gasteiger partial charge in [-0.05, 0) is 12.1 Å². The van der Waals surface area contributed by atoms with Crippen LogP contribution in [0.2, 0.25) is 0 Å². The van der Waals surface area contributed by atoms with E-state index < -0.39 is 0 Å². The average molecular weight is 292 g/mol. The van der Waals surface area contributed by atoms with Gasteiger partial charge in [-0.3, -0.25) is 4.79 Å². The maximum absolute atomic E-state index is 12.1. The van der Waals surface area contributed by atoms with E-state index in [1.54, 1.807) is 0 Å². The van der Waals surface area contributed by atoms with Gasteiger partial charge < -0.3 is 14.2 Å². The summed E-state index contributed by atoms with van der Waals surface area (Å²) in [6.07, 6.45) is 0. The summed E-state index contributed by atoms with van der Waals surface area (Å²) in [7, 11) is 2.16. The first kappa shape index (κ1) is 13.5. The van der Waals surface area contributed by atoms with E-state index in [1.807, 2.05) is 29.2 Å². The number of quaternary nitrogens is 1. The molecule has 0 bridgehead atoms. The monoisotopic (exact) mass is 292 g/mol. The molecule has 1 amide bonds. The standard InChI is InChI=1S/C14H17N3O2S/c1-16-6-8-17(9-7-16)13(18)10-20-14-15-11-4-2-3-5-12(11)19-14/h2-5H,6-10H2,1H3/p+1. The van der Waals surface area contributed by atoms with E-state index in [1.165, 1.54) is 16.7 Å². The molecular weight excluding hydrogens is 274 g/mol. The number of rotatable bonds is 3. The van der Waals surface area contributed by atoms with Gasteiger partial charge in [0, 0.05) is 0 Å². The number of hydrogen-bond acceptors (Lipinski definition) is 4. The van der Waals surface area contributed by atoms with Crippen LogP contribution in [0.3, 0.4) is 0 Å². The Morgan fingerprint density at radius 1 is 1.40 bits per heavy atom. The van der Waals surface area contributed by atoms with Crippen LogP contribution in [-0.2, 0) is 4.79 Å². The predicted octanol–water partition coefficient (Wildman–Crippen LogP) is 0.277. The second-order valence-electron chi connectivity index (χ2n) is 5.07. The zero-order valence-electron chi connectivity index (χ0n) is 11.5. The molecule has 1 fully saturated rings. The third-order valence-corrected chi connectivity index (χ3v) is 4.38. The summed E-state index contributed by atoms with van der Waals surface area (Å²) in [5.41, 5.74) is 1.61. The topological polar surface area (TPSA) is 50.8 Å². The minimum Gasteiger partial charge on any atom is -0.431 e. The number of carbonyl (C=O) groups excluding carboxylic acids is 1. The van der Waals surface area contributed by atoms with Gasteiger partial charge in [-0.2, -0.15) is 0 Å². The maximum atomic E-state index is 12.1. The highest BCUT2D eigenvalue weighted by Gasteiger charge is 2.21. The fraction of sp³-hybridized carbons (Fsp3) is 0.429. The molecule has 6 heteroatoms. The Bertz CT molecular complexity index is 572. The Labute approximate surface area is 121 Å². The van der Waals surface area contributed by atoms with E-state index in [2.05, 4.69) is 12.0 Å². The molecule has 2 heterocycles. The number of para-hydroxylation sites is 2. The number of benzene rings is 1. The van der Waals surface area contributed by atoms with E-state index in [0.717, 1.165) is 37.3 Å². The lowest BCUT2D eigenvalue weighted by atomic mass is 10.3. The van der Waals surface area contributed by atoms with Crippen LogP contribution in [0.15, 0.2) is 33.9 Å². The lowest BCUT2D eigenvalue weighted by molar-refractivity contribution is -0.883. The zero-order valence-corrected chi connectivity index (χ0v) is 12.3. The van der Waals surface area contributed by atoms with E-state index in [0.29, 0.717) is 11.0 Å². The molecule has 106 valence electrons. The predicted molar refractivity (Wildman–Crippen MR) is 77.9 cm³/mol. The average Bonchev–Trinajstić information content (AvgIpc) is 2.88. The molecular formula is C14H18N3O2S+. The van der Waals surface area contributed by atoms with Crippen LogP contribution < -0.4 is 4.90 Å². The third-order valence-electron chi connectivity index (χ3n) is 3.56. The van der Waals surface area contributed by atoms with Gasteiger partial charge >= 0.3 is 0 Å². The van der Waals surface area contributed by atoms with Crippen LogP contribution in [0.4, 0.5) is 0 Å². The van der Waals surface area contributed by atoms with Crippen molar-refractivity contribution in [3.8, 4) is 0 Å². The lowest BCUT2D eigenvalue weighted by Crippen LogP contribution is -3.12. The quantitative estimate of drug-likeness (QED) is 0.826. The van der Waals surface area contributed by atoms with Crippen LogP contribution in [0.25, 0.3) is 11.1 Å². The molecule has 0 radical (unpaired) electrons. The van der Waals surface area contributed by atoms with Crippen molar-refractivity contribution < 1.29 is 14.1 Å².